The van der Waals surface area contributed by atoms with Gasteiger partial charge in [0.15, 0.2) is 0 Å². The van der Waals surface area contributed by atoms with Gasteiger partial charge in [0.1, 0.15) is 12.4 Å². The average Bonchev–Trinajstić information content (AvgIpc) is 2.43. The van der Waals surface area contributed by atoms with E-state index in [1.807, 2.05) is 0 Å². The molecule has 0 heterocycles. The molecule has 0 fully saturated rings. The van der Waals surface area contributed by atoms with Gasteiger partial charge in [-0.15, -0.1) is 0 Å². The van der Waals surface area contributed by atoms with Crippen LogP contribution in [-0.2, 0) is 10.7 Å². The fourth-order valence-corrected chi connectivity index (χ4v) is 2.13. The van der Waals surface area contributed by atoms with Crippen molar-refractivity contribution in [3.63, 3.8) is 0 Å². The summed E-state index contributed by atoms with van der Waals surface area (Å²) >= 11 is 0. The molecule has 0 aromatic heterocycles. The van der Waals surface area contributed by atoms with E-state index in [1.165, 1.54) is 13.8 Å². The lowest BCUT2D eigenvalue weighted by atomic mass is 9.96. The van der Waals surface area contributed by atoms with Crippen LogP contribution in [0.15, 0.2) is 12.1 Å². The minimum Gasteiger partial charge on any atom is -0.492 e. The maximum atomic E-state index is 14.2. The molecule has 0 bridgehead atoms. The smallest absolute Gasteiger partial charge is 0.455 e. The first kappa shape index (κ1) is 19.6. The molecule has 0 amide bonds. The number of alkyl halides is 6. The van der Waals surface area contributed by atoms with Gasteiger partial charge in [0.05, 0.1) is 0 Å². The standard InChI is InChI=1S/C14H17F6NO2/c1-8-6-10(7-9(2)11(8)23-5-4-21)12(15,16)13(17,22-3)14(18,19)20/h6-7H,4-5,21H2,1-3H3. The van der Waals surface area contributed by atoms with Gasteiger partial charge < -0.3 is 15.2 Å². The van der Waals surface area contributed by atoms with Gasteiger partial charge in [-0.3, -0.25) is 0 Å². The summed E-state index contributed by atoms with van der Waals surface area (Å²) in [6.07, 6.45) is -5.91. The molecular weight excluding hydrogens is 328 g/mol. The Labute approximate surface area is 129 Å². The molecule has 0 spiro atoms. The van der Waals surface area contributed by atoms with Crippen LogP contribution < -0.4 is 10.5 Å². The Kier molecular flexibility index (Phi) is 5.58. The van der Waals surface area contributed by atoms with Crippen molar-refractivity contribution >= 4 is 0 Å². The molecule has 0 aliphatic heterocycles. The van der Waals surface area contributed by atoms with Crippen LogP contribution >= 0.6 is 0 Å². The van der Waals surface area contributed by atoms with Crippen LogP contribution in [0.5, 0.6) is 5.75 Å². The van der Waals surface area contributed by atoms with Crippen LogP contribution in [0, 0.1) is 13.8 Å². The predicted octanol–water partition coefficient (Wildman–Crippen LogP) is 3.61. The van der Waals surface area contributed by atoms with Crippen LogP contribution in [-0.4, -0.2) is 32.3 Å². The Bertz CT molecular complexity index is 538. The lowest BCUT2D eigenvalue weighted by Gasteiger charge is -2.34. The number of nitrogens with two attached hydrogens (primary N) is 1. The van der Waals surface area contributed by atoms with E-state index in [9.17, 15) is 26.3 Å². The van der Waals surface area contributed by atoms with E-state index < -0.39 is 23.5 Å². The summed E-state index contributed by atoms with van der Waals surface area (Å²) in [6.45, 7) is 2.99. The quantitative estimate of drug-likeness (QED) is 0.801. The Morgan fingerprint density at radius 3 is 1.83 bits per heavy atom. The molecule has 2 N–H and O–H groups in total. The Balaban J connectivity index is 3.39. The predicted molar refractivity (Wildman–Crippen MR) is 71.3 cm³/mol. The normalized spacial score (nSPS) is 15.4. The van der Waals surface area contributed by atoms with Crippen LogP contribution in [0.25, 0.3) is 0 Å². The van der Waals surface area contributed by atoms with Gasteiger partial charge in [0.2, 0.25) is 0 Å². The highest BCUT2D eigenvalue weighted by Crippen LogP contribution is 2.51. The number of aryl methyl sites for hydroxylation is 2. The summed E-state index contributed by atoms with van der Waals surface area (Å²) in [7, 11) is 0.236. The summed E-state index contributed by atoms with van der Waals surface area (Å²) in [5.41, 5.74) is 4.37. The van der Waals surface area contributed by atoms with Gasteiger partial charge in [-0.1, -0.05) is 0 Å². The molecular formula is C14H17F6NO2. The van der Waals surface area contributed by atoms with Crippen molar-refractivity contribution in [2.75, 3.05) is 20.3 Å². The largest absolute Gasteiger partial charge is 0.492 e. The first-order valence-corrected chi connectivity index (χ1v) is 6.55. The van der Waals surface area contributed by atoms with Crippen molar-refractivity contribution in [3.8, 4) is 5.75 Å². The fourth-order valence-electron chi connectivity index (χ4n) is 2.13. The van der Waals surface area contributed by atoms with Crippen LogP contribution in [0.3, 0.4) is 0 Å². The average molecular weight is 345 g/mol. The van der Waals surface area contributed by atoms with E-state index in [-0.39, 0.29) is 37.1 Å². The zero-order valence-electron chi connectivity index (χ0n) is 12.7. The fraction of sp³-hybridized carbons (Fsp3) is 0.571. The third-order valence-electron chi connectivity index (χ3n) is 3.24. The molecule has 3 nitrogen and oxygen atoms in total. The van der Waals surface area contributed by atoms with Gasteiger partial charge in [0, 0.05) is 19.2 Å². The molecule has 0 aliphatic rings. The van der Waals surface area contributed by atoms with Crippen molar-refractivity contribution in [2.45, 2.75) is 31.8 Å². The number of methoxy groups -OCH3 is 1. The minimum atomic E-state index is -5.91. The van der Waals surface area contributed by atoms with Crippen LogP contribution in [0.4, 0.5) is 26.3 Å². The molecule has 0 saturated heterocycles. The number of halogens is 6. The summed E-state index contributed by atoms with van der Waals surface area (Å²) in [5.74, 6) is -9.87. The number of rotatable bonds is 6. The van der Waals surface area contributed by atoms with E-state index in [1.54, 1.807) is 0 Å². The second-order valence-electron chi connectivity index (χ2n) is 4.95. The van der Waals surface area contributed by atoms with Gasteiger partial charge >= 0.3 is 18.0 Å². The Morgan fingerprint density at radius 1 is 1.00 bits per heavy atom. The molecule has 1 atom stereocenters. The first-order chi connectivity index (χ1) is 10.4. The molecule has 1 rings (SSSR count). The molecule has 0 saturated carbocycles. The molecule has 1 unspecified atom stereocenters. The number of ether oxygens (including phenoxy) is 2. The monoisotopic (exact) mass is 345 g/mol. The zero-order chi connectivity index (χ0) is 18.1. The van der Waals surface area contributed by atoms with Crippen LogP contribution in [0.2, 0.25) is 0 Å². The first-order valence-electron chi connectivity index (χ1n) is 6.55. The van der Waals surface area contributed by atoms with Gasteiger partial charge in [-0.05, 0) is 37.1 Å². The van der Waals surface area contributed by atoms with Crippen LogP contribution in [0.1, 0.15) is 16.7 Å². The lowest BCUT2D eigenvalue weighted by molar-refractivity contribution is -0.398. The third kappa shape index (κ3) is 3.40. The summed E-state index contributed by atoms with van der Waals surface area (Å²) in [6, 6.07) is 1.47. The summed E-state index contributed by atoms with van der Waals surface area (Å²) in [4.78, 5) is 0. The van der Waals surface area contributed by atoms with E-state index >= 15 is 0 Å². The van der Waals surface area contributed by atoms with Crippen molar-refractivity contribution < 1.29 is 35.8 Å². The van der Waals surface area contributed by atoms with Crippen molar-refractivity contribution in [1.82, 2.24) is 0 Å². The van der Waals surface area contributed by atoms with E-state index in [4.69, 9.17) is 10.5 Å². The Hall–Kier alpha value is -1.48. The highest BCUT2D eigenvalue weighted by molar-refractivity contribution is 5.45. The van der Waals surface area contributed by atoms with E-state index in [0.29, 0.717) is 0 Å². The molecule has 132 valence electrons. The maximum Gasteiger partial charge on any atom is 0.455 e. The second-order valence-corrected chi connectivity index (χ2v) is 4.95. The lowest BCUT2D eigenvalue weighted by Crippen LogP contribution is -2.55. The van der Waals surface area contributed by atoms with Gasteiger partial charge in [-0.2, -0.15) is 26.3 Å². The summed E-state index contributed by atoms with van der Waals surface area (Å²) < 4.78 is 89.1. The van der Waals surface area contributed by atoms with Gasteiger partial charge in [0.25, 0.3) is 0 Å². The topological polar surface area (TPSA) is 44.5 Å². The second kappa shape index (κ2) is 6.56. The van der Waals surface area contributed by atoms with Crippen molar-refractivity contribution in [1.29, 1.82) is 0 Å². The van der Waals surface area contributed by atoms with E-state index in [2.05, 4.69) is 4.74 Å². The zero-order valence-corrected chi connectivity index (χ0v) is 12.7. The molecule has 9 heteroatoms. The highest BCUT2D eigenvalue weighted by atomic mass is 19.4. The van der Waals surface area contributed by atoms with Crippen molar-refractivity contribution in [2.24, 2.45) is 5.73 Å². The minimum absolute atomic E-state index is 0.102. The van der Waals surface area contributed by atoms with E-state index in [0.717, 1.165) is 12.1 Å². The molecule has 23 heavy (non-hydrogen) atoms. The highest BCUT2D eigenvalue weighted by Gasteiger charge is 2.73. The summed E-state index contributed by atoms with van der Waals surface area (Å²) in [5, 5.41) is 0. The Morgan fingerprint density at radius 2 is 1.48 bits per heavy atom. The third-order valence-corrected chi connectivity index (χ3v) is 3.24. The molecule has 0 radical (unpaired) electrons. The van der Waals surface area contributed by atoms with Crippen molar-refractivity contribution in [3.05, 3.63) is 28.8 Å². The van der Waals surface area contributed by atoms with Gasteiger partial charge in [-0.25, -0.2) is 0 Å². The molecule has 1 aromatic carbocycles. The number of benzene rings is 1. The number of hydrogen-bond acceptors (Lipinski definition) is 3. The number of hydrogen-bond donors (Lipinski definition) is 1. The molecule has 0 aliphatic carbocycles. The maximum absolute atomic E-state index is 14.2. The molecule has 1 aromatic rings. The SMILES string of the molecule is COC(F)(C(F)(F)F)C(F)(F)c1cc(C)c(OCCN)c(C)c1.